The summed E-state index contributed by atoms with van der Waals surface area (Å²) < 4.78 is 29.9. The number of nitrogens with two attached hydrogens (primary N) is 1. The summed E-state index contributed by atoms with van der Waals surface area (Å²) in [5.74, 6) is -0.525. The number of fused-ring (bicyclic) bond motifs is 1. The van der Waals surface area contributed by atoms with Crippen molar-refractivity contribution >= 4 is 21.8 Å². The van der Waals surface area contributed by atoms with E-state index < -0.39 is 5.54 Å². The van der Waals surface area contributed by atoms with Crippen LogP contribution < -0.4 is 5.73 Å². The van der Waals surface area contributed by atoms with Gasteiger partial charge in [0.25, 0.3) is 0 Å². The SMILES string of the molecule is CC1(c2cc(Br)ccc2F)Cn2cc(F)cc2C(N)=N1. The molecule has 0 saturated carbocycles. The molecule has 20 heavy (non-hydrogen) atoms. The predicted molar refractivity (Wildman–Crippen MR) is 76.6 cm³/mol. The third-order valence-electron chi connectivity index (χ3n) is 3.48. The minimum atomic E-state index is -0.865. The van der Waals surface area contributed by atoms with Gasteiger partial charge in [0.1, 0.15) is 23.0 Å². The van der Waals surface area contributed by atoms with Crippen LogP contribution in [0, 0.1) is 11.6 Å². The highest BCUT2D eigenvalue weighted by molar-refractivity contribution is 9.10. The molecule has 0 spiro atoms. The van der Waals surface area contributed by atoms with Crippen molar-refractivity contribution in [3.05, 3.63) is 57.8 Å². The number of halogens is 3. The van der Waals surface area contributed by atoms with E-state index in [4.69, 9.17) is 5.73 Å². The van der Waals surface area contributed by atoms with Crippen molar-refractivity contribution in [2.75, 3.05) is 0 Å². The first-order chi connectivity index (χ1) is 9.39. The summed E-state index contributed by atoms with van der Waals surface area (Å²) in [7, 11) is 0. The quantitative estimate of drug-likeness (QED) is 0.852. The third kappa shape index (κ3) is 2.04. The molecule has 6 heteroatoms. The lowest BCUT2D eigenvalue weighted by atomic mass is 9.90. The molecule has 0 saturated heterocycles. The normalized spacial score (nSPS) is 21.5. The number of nitrogens with zero attached hydrogens (tertiary/aromatic N) is 2. The largest absolute Gasteiger partial charge is 0.382 e. The summed E-state index contributed by atoms with van der Waals surface area (Å²) in [6.45, 7) is 2.12. The molecule has 0 aliphatic carbocycles. The van der Waals surface area contributed by atoms with Gasteiger partial charge in [-0.05, 0) is 25.1 Å². The lowest BCUT2D eigenvalue weighted by Crippen LogP contribution is -2.37. The van der Waals surface area contributed by atoms with E-state index in [1.54, 1.807) is 23.6 Å². The standard InChI is InChI=1S/C14H12BrF2N3/c1-14(10-4-8(15)2-3-11(10)17)7-20-6-9(16)5-12(20)13(18)19-14/h2-6H,7H2,1H3,(H2,18,19). The molecule has 2 aromatic rings. The Morgan fingerprint density at radius 2 is 2.10 bits per heavy atom. The highest BCUT2D eigenvalue weighted by atomic mass is 79.9. The van der Waals surface area contributed by atoms with Crippen LogP contribution in [0.15, 0.2) is 39.9 Å². The average molecular weight is 340 g/mol. The maximum atomic E-state index is 14.1. The average Bonchev–Trinajstić information content (AvgIpc) is 2.73. The zero-order valence-electron chi connectivity index (χ0n) is 10.7. The fourth-order valence-electron chi connectivity index (χ4n) is 2.57. The van der Waals surface area contributed by atoms with Gasteiger partial charge in [0.2, 0.25) is 0 Å². The van der Waals surface area contributed by atoms with Crippen molar-refractivity contribution < 1.29 is 8.78 Å². The highest BCUT2D eigenvalue weighted by Crippen LogP contribution is 2.35. The number of rotatable bonds is 1. The molecule has 1 unspecified atom stereocenters. The van der Waals surface area contributed by atoms with E-state index in [9.17, 15) is 8.78 Å². The maximum Gasteiger partial charge on any atom is 0.143 e. The van der Waals surface area contributed by atoms with Crippen molar-refractivity contribution in [1.82, 2.24) is 4.57 Å². The maximum absolute atomic E-state index is 14.1. The minimum absolute atomic E-state index is 0.210. The Labute approximate surface area is 123 Å². The van der Waals surface area contributed by atoms with Crippen LogP contribution in [0.25, 0.3) is 0 Å². The summed E-state index contributed by atoms with van der Waals surface area (Å²) >= 11 is 3.32. The molecule has 104 valence electrons. The number of hydrogen-bond donors (Lipinski definition) is 1. The molecule has 1 aliphatic heterocycles. The molecule has 0 radical (unpaired) electrons. The van der Waals surface area contributed by atoms with Gasteiger partial charge in [0.05, 0.1) is 12.2 Å². The van der Waals surface area contributed by atoms with Crippen LogP contribution in [0.2, 0.25) is 0 Å². The van der Waals surface area contributed by atoms with Gasteiger partial charge in [-0.3, -0.25) is 4.99 Å². The van der Waals surface area contributed by atoms with Gasteiger partial charge in [-0.2, -0.15) is 0 Å². The first kappa shape index (κ1) is 13.3. The first-order valence-electron chi connectivity index (χ1n) is 6.06. The fraction of sp³-hybridized carbons (Fsp3) is 0.214. The molecule has 1 aliphatic rings. The second-order valence-corrected chi connectivity index (χ2v) is 5.98. The van der Waals surface area contributed by atoms with Crippen molar-refractivity contribution in [2.24, 2.45) is 10.7 Å². The van der Waals surface area contributed by atoms with Crippen LogP contribution in [0.4, 0.5) is 8.78 Å². The lowest BCUT2D eigenvalue weighted by Gasteiger charge is -2.32. The number of benzene rings is 1. The van der Waals surface area contributed by atoms with Gasteiger partial charge in [-0.15, -0.1) is 0 Å². The molecule has 0 amide bonds. The number of aromatic nitrogens is 1. The molecule has 2 N–H and O–H groups in total. The monoisotopic (exact) mass is 339 g/mol. The number of hydrogen-bond acceptors (Lipinski definition) is 2. The van der Waals surface area contributed by atoms with E-state index in [0.717, 1.165) is 4.47 Å². The van der Waals surface area contributed by atoms with E-state index in [1.165, 1.54) is 18.3 Å². The van der Waals surface area contributed by atoms with Crippen molar-refractivity contribution in [2.45, 2.75) is 19.0 Å². The van der Waals surface area contributed by atoms with Crippen LogP contribution in [0.5, 0.6) is 0 Å². The lowest BCUT2D eigenvalue weighted by molar-refractivity contribution is 0.383. The molecular weight excluding hydrogens is 328 g/mol. The Balaban J connectivity index is 2.14. The van der Waals surface area contributed by atoms with E-state index in [1.807, 2.05) is 0 Å². The van der Waals surface area contributed by atoms with Crippen LogP contribution in [0.1, 0.15) is 18.2 Å². The van der Waals surface area contributed by atoms with Crippen LogP contribution in [-0.4, -0.2) is 10.4 Å². The molecule has 1 aromatic carbocycles. The second kappa shape index (κ2) is 4.41. The number of aliphatic imine (C=N–C) groups is 1. The van der Waals surface area contributed by atoms with Crippen LogP contribution in [-0.2, 0) is 12.1 Å². The summed E-state index contributed by atoms with van der Waals surface area (Å²) in [4.78, 5) is 4.39. The molecule has 0 bridgehead atoms. The Bertz CT molecular complexity index is 723. The summed E-state index contributed by atoms with van der Waals surface area (Å²) in [5, 5.41) is 0. The van der Waals surface area contributed by atoms with Crippen molar-refractivity contribution in [3.63, 3.8) is 0 Å². The topological polar surface area (TPSA) is 43.3 Å². The number of amidine groups is 1. The molecule has 1 aromatic heterocycles. The molecular formula is C14H12BrF2N3. The van der Waals surface area contributed by atoms with E-state index in [-0.39, 0.29) is 17.5 Å². The van der Waals surface area contributed by atoms with E-state index in [0.29, 0.717) is 17.8 Å². The summed E-state index contributed by atoms with van der Waals surface area (Å²) in [6.07, 6.45) is 1.35. The molecule has 0 fully saturated rings. The minimum Gasteiger partial charge on any atom is -0.382 e. The van der Waals surface area contributed by atoms with Gasteiger partial charge in [0.15, 0.2) is 0 Å². The van der Waals surface area contributed by atoms with Gasteiger partial charge >= 0.3 is 0 Å². The Hall–Kier alpha value is -1.69. The van der Waals surface area contributed by atoms with Gasteiger partial charge in [0, 0.05) is 22.3 Å². The fourth-order valence-corrected chi connectivity index (χ4v) is 2.93. The zero-order chi connectivity index (χ0) is 14.5. The summed E-state index contributed by atoms with van der Waals surface area (Å²) in [6, 6.07) is 6.01. The van der Waals surface area contributed by atoms with Gasteiger partial charge in [-0.25, -0.2) is 8.78 Å². The van der Waals surface area contributed by atoms with E-state index >= 15 is 0 Å². The van der Waals surface area contributed by atoms with Gasteiger partial charge in [-0.1, -0.05) is 15.9 Å². The van der Waals surface area contributed by atoms with Crippen LogP contribution >= 0.6 is 15.9 Å². The molecule has 3 rings (SSSR count). The van der Waals surface area contributed by atoms with Crippen molar-refractivity contribution in [3.8, 4) is 0 Å². The predicted octanol–water partition coefficient (Wildman–Crippen LogP) is 3.16. The molecule has 2 heterocycles. The summed E-state index contributed by atoms with van der Waals surface area (Å²) in [5.41, 5.74) is 5.97. The smallest absolute Gasteiger partial charge is 0.143 e. The Morgan fingerprint density at radius 3 is 2.85 bits per heavy atom. The second-order valence-electron chi connectivity index (χ2n) is 5.07. The van der Waals surface area contributed by atoms with Gasteiger partial charge < -0.3 is 10.3 Å². The van der Waals surface area contributed by atoms with E-state index in [2.05, 4.69) is 20.9 Å². The van der Waals surface area contributed by atoms with Crippen LogP contribution in [0.3, 0.4) is 0 Å². The Kier molecular flexibility index (Phi) is 2.93. The Morgan fingerprint density at radius 1 is 1.35 bits per heavy atom. The molecule has 3 nitrogen and oxygen atoms in total. The highest BCUT2D eigenvalue weighted by Gasteiger charge is 2.34. The zero-order valence-corrected chi connectivity index (χ0v) is 12.3. The molecule has 1 atom stereocenters. The first-order valence-corrected chi connectivity index (χ1v) is 6.85. The van der Waals surface area contributed by atoms with Crippen molar-refractivity contribution in [1.29, 1.82) is 0 Å². The third-order valence-corrected chi connectivity index (χ3v) is 3.97.